The molecule has 1 saturated heterocycles. The molecular formula is C18H22F3N3O2. The number of methoxy groups -OCH3 is 1. The number of benzene rings is 1. The summed E-state index contributed by atoms with van der Waals surface area (Å²) < 4.78 is 52.4. The molecule has 5 nitrogen and oxygen atoms in total. The molecule has 0 aliphatic carbocycles. The van der Waals surface area contributed by atoms with Gasteiger partial charge in [0.15, 0.2) is 0 Å². The van der Waals surface area contributed by atoms with Crippen molar-refractivity contribution in [3.8, 4) is 5.88 Å². The summed E-state index contributed by atoms with van der Waals surface area (Å²) in [5.41, 5.74) is -0.263. The molecule has 8 heteroatoms. The van der Waals surface area contributed by atoms with E-state index in [9.17, 15) is 13.2 Å². The van der Waals surface area contributed by atoms with E-state index in [-0.39, 0.29) is 12.0 Å². The Hall–Kier alpha value is -2.06. The maximum absolute atomic E-state index is 13.4. The van der Waals surface area contributed by atoms with Gasteiger partial charge < -0.3 is 14.4 Å². The highest BCUT2D eigenvalue weighted by Crippen LogP contribution is 2.42. The van der Waals surface area contributed by atoms with E-state index in [1.165, 1.54) is 6.07 Å². The molecule has 1 aliphatic heterocycles. The molecule has 0 bridgehead atoms. The fourth-order valence-electron chi connectivity index (χ4n) is 3.44. The number of hydrogen-bond acceptors (Lipinski definition) is 4. The van der Waals surface area contributed by atoms with Crippen molar-refractivity contribution >= 4 is 0 Å². The molecule has 1 aromatic heterocycles. The quantitative estimate of drug-likeness (QED) is 0.733. The van der Waals surface area contributed by atoms with Crippen molar-refractivity contribution in [1.29, 1.82) is 0 Å². The van der Waals surface area contributed by atoms with Gasteiger partial charge in [0, 0.05) is 38.4 Å². The molecule has 0 radical (unpaired) electrons. The van der Waals surface area contributed by atoms with Crippen molar-refractivity contribution < 1.29 is 22.6 Å². The second-order valence-electron chi connectivity index (χ2n) is 6.46. The van der Waals surface area contributed by atoms with Crippen LogP contribution in [-0.2, 0) is 10.9 Å². The van der Waals surface area contributed by atoms with Crippen molar-refractivity contribution in [2.75, 3.05) is 40.5 Å². The molecule has 3 rings (SSSR count). The first-order valence-corrected chi connectivity index (χ1v) is 8.41. The highest BCUT2D eigenvalue weighted by atomic mass is 19.4. The van der Waals surface area contributed by atoms with Crippen molar-refractivity contribution in [1.82, 2.24) is 14.7 Å². The average molecular weight is 369 g/mol. The standard InChI is InChI=1S/C18H22F3N3O2/c1-23-11-14(13-5-3-4-6-15(13)18(19,20)21)16(12-23)24-8-7-17(22-24)26-10-9-25-2/h3-8,14,16H,9-12H2,1-2H3/t14-,16+/m1/s1. The zero-order valence-electron chi connectivity index (χ0n) is 14.7. The predicted octanol–water partition coefficient (Wildman–Crippen LogP) is 3.20. The van der Waals surface area contributed by atoms with Gasteiger partial charge in [-0.05, 0) is 18.7 Å². The topological polar surface area (TPSA) is 39.5 Å². The summed E-state index contributed by atoms with van der Waals surface area (Å²) >= 11 is 0. The van der Waals surface area contributed by atoms with Gasteiger partial charge in [-0.25, -0.2) is 0 Å². The number of hydrogen-bond donors (Lipinski definition) is 0. The smallest absolute Gasteiger partial charge is 0.416 e. The van der Waals surface area contributed by atoms with Crippen molar-refractivity contribution in [3.05, 3.63) is 47.7 Å². The molecule has 0 N–H and O–H groups in total. The minimum absolute atomic E-state index is 0.191. The maximum Gasteiger partial charge on any atom is 0.416 e. The number of rotatable bonds is 6. The Balaban J connectivity index is 1.86. The van der Waals surface area contributed by atoms with E-state index >= 15 is 0 Å². The summed E-state index contributed by atoms with van der Waals surface area (Å²) in [6.45, 7) is 1.98. The third-order valence-corrected chi connectivity index (χ3v) is 4.60. The molecule has 1 fully saturated rings. The largest absolute Gasteiger partial charge is 0.474 e. The van der Waals surface area contributed by atoms with Crippen LogP contribution in [0.5, 0.6) is 5.88 Å². The summed E-state index contributed by atoms with van der Waals surface area (Å²) in [6.07, 6.45) is -2.62. The van der Waals surface area contributed by atoms with Gasteiger partial charge in [0.2, 0.25) is 5.88 Å². The van der Waals surface area contributed by atoms with Crippen molar-refractivity contribution in [2.45, 2.75) is 18.1 Å². The van der Waals surface area contributed by atoms with Crippen LogP contribution in [0.15, 0.2) is 36.5 Å². The van der Waals surface area contributed by atoms with Gasteiger partial charge in [0.1, 0.15) is 6.61 Å². The first-order valence-electron chi connectivity index (χ1n) is 8.41. The minimum atomic E-state index is -4.37. The van der Waals surface area contributed by atoms with E-state index < -0.39 is 11.7 Å². The van der Waals surface area contributed by atoms with Crippen LogP contribution < -0.4 is 4.74 Å². The molecule has 2 heterocycles. The second-order valence-corrected chi connectivity index (χ2v) is 6.46. The Morgan fingerprint density at radius 3 is 2.65 bits per heavy atom. The van der Waals surface area contributed by atoms with E-state index in [0.717, 1.165) is 6.07 Å². The van der Waals surface area contributed by atoms with Gasteiger partial charge in [0.05, 0.1) is 18.2 Å². The third-order valence-electron chi connectivity index (χ3n) is 4.60. The predicted molar refractivity (Wildman–Crippen MR) is 90.3 cm³/mol. The summed E-state index contributed by atoms with van der Waals surface area (Å²) in [6, 6.07) is 7.33. The first kappa shape index (κ1) is 18.7. The number of nitrogens with zero attached hydrogens (tertiary/aromatic N) is 3. The lowest BCUT2D eigenvalue weighted by Gasteiger charge is -2.23. The van der Waals surface area contributed by atoms with Gasteiger partial charge in [-0.2, -0.15) is 13.2 Å². The third kappa shape index (κ3) is 4.02. The van der Waals surface area contributed by atoms with Crippen LogP contribution >= 0.6 is 0 Å². The molecule has 2 aromatic rings. The number of ether oxygens (including phenoxy) is 2. The van der Waals surface area contributed by atoms with Gasteiger partial charge in [-0.1, -0.05) is 18.2 Å². The van der Waals surface area contributed by atoms with Gasteiger partial charge in [-0.3, -0.25) is 4.68 Å². The zero-order chi connectivity index (χ0) is 18.7. The molecule has 0 spiro atoms. The van der Waals surface area contributed by atoms with E-state index in [2.05, 4.69) is 5.10 Å². The average Bonchev–Trinajstić information content (AvgIpc) is 3.21. The molecule has 1 aliphatic rings. The number of likely N-dealkylation sites (tertiary alicyclic amines) is 1. The van der Waals surface area contributed by atoms with Crippen LogP contribution in [0, 0.1) is 0 Å². The number of likely N-dealkylation sites (N-methyl/N-ethyl adjacent to an activating group) is 1. The Morgan fingerprint density at radius 1 is 1.15 bits per heavy atom. The summed E-state index contributed by atoms with van der Waals surface area (Å²) in [5, 5.41) is 4.40. The number of alkyl halides is 3. The number of halogens is 3. The van der Waals surface area contributed by atoms with Crippen LogP contribution in [-0.4, -0.2) is 55.1 Å². The molecule has 0 unspecified atom stereocenters. The van der Waals surface area contributed by atoms with Crippen LogP contribution in [0.3, 0.4) is 0 Å². The fourth-order valence-corrected chi connectivity index (χ4v) is 3.44. The molecule has 0 saturated carbocycles. The monoisotopic (exact) mass is 369 g/mol. The summed E-state index contributed by atoms with van der Waals surface area (Å²) in [4.78, 5) is 2.02. The Labute approximate surface area is 150 Å². The van der Waals surface area contributed by atoms with E-state index in [0.29, 0.717) is 37.7 Å². The first-order chi connectivity index (χ1) is 12.4. The molecule has 142 valence electrons. The lowest BCUT2D eigenvalue weighted by molar-refractivity contribution is -0.138. The molecule has 2 atom stereocenters. The number of aromatic nitrogens is 2. The zero-order valence-corrected chi connectivity index (χ0v) is 14.7. The molecule has 26 heavy (non-hydrogen) atoms. The van der Waals surface area contributed by atoms with Gasteiger partial charge in [0.25, 0.3) is 0 Å². The molecule has 1 aromatic carbocycles. The van der Waals surface area contributed by atoms with Crippen molar-refractivity contribution in [3.63, 3.8) is 0 Å². The lowest BCUT2D eigenvalue weighted by Crippen LogP contribution is -2.20. The van der Waals surface area contributed by atoms with E-state index in [1.807, 2.05) is 11.9 Å². The Bertz CT molecular complexity index is 732. The highest BCUT2D eigenvalue weighted by molar-refractivity contribution is 5.35. The maximum atomic E-state index is 13.4. The Kier molecular flexibility index (Phi) is 5.52. The fraction of sp³-hybridized carbons (Fsp3) is 0.500. The van der Waals surface area contributed by atoms with Crippen molar-refractivity contribution in [2.24, 2.45) is 0 Å². The summed E-state index contributed by atoms with van der Waals surface area (Å²) in [5.74, 6) is 0.143. The van der Waals surface area contributed by atoms with E-state index in [1.54, 1.807) is 36.2 Å². The second kappa shape index (κ2) is 7.67. The lowest BCUT2D eigenvalue weighted by atomic mass is 9.90. The Morgan fingerprint density at radius 2 is 1.92 bits per heavy atom. The van der Waals surface area contributed by atoms with Gasteiger partial charge in [-0.15, -0.1) is 5.10 Å². The van der Waals surface area contributed by atoms with Crippen LogP contribution in [0.1, 0.15) is 23.1 Å². The van der Waals surface area contributed by atoms with Crippen LogP contribution in [0.4, 0.5) is 13.2 Å². The van der Waals surface area contributed by atoms with E-state index in [4.69, 9.17) is 9.47 Å². The SMILES string of the molecule is COCCOc1ccn([C@H]2CN(C)C[C@@H]2c2ccccc2C(F)(F)F)n1. The van der Waals surface area contributed by atoms with Gasteiger partial charge >= 0.3 is 6.18 Å². The molecule has 0 amide bonds. The highest BCUT2D eigenvalue weighted by Gasteiger charge is 2.40. The normalized spacial score (nSPS) is 21.3. The summed E-state index contributed by atoms with van der Waals surface area (Å²) in [7, 11) is 3.49. The van der Waals surface area contributed by atoms with Crippen LogP contribution in [0.2, 0.25) is 0 Å². The van der Waals surface area contributed by atoms with Crippen LogP contribution in [0.25, 0.3) is 0 Å². The minimum Gasteiger partial charge on any atom is -0.474 e. The molecular weight excluding hydrogens is 347 g/mol.